The molecule has 0 spiro atoms. The first kappa shape index (κ1) is 18.9. The van der Waals surface area contributed by atoms with Gasteiger partial charge >= 0.3 is 0 Å². The molecule has 7 heteroatoms. The number of fused-ring (bicyclic) bond motifs is 1. The number of carbonyl (C=O) groups is 1. The Labute approximate surface area is 161 Å². The molecule has 0 aliphatic rings. The Kier molecular flexibility index (Phi) is 5.67. The first-order chi connectivity index (χ1) is 12.4. The van der Waals surface area contributed by atoms with Gasteiger partial charge in [0.1, 0.15) is 5.69 Å². The zero-order valence-corrected chi connectivity index (χ0v) is 17.5. The van der Waals surface area contributed by atoms with E-state index >= 15 is 0 Å². The highest BCUT2D eigenvalue weighted by Crippen LogP contribution is 2.22. The summed E-state index contributed by atoms with van der Waals surface area (Å²) in [7, 11) is 0. The van der Waals surface area contributed by atoms with E-state index in [1.165, 1.54) is 15.8 Å². The van der Waals surface area contributed by atoms with E-state index in [0.29, 0.717) is 12.2 Å². The fraction of sp³-hybridized carbons (Fsp3) is 0.421. The molecule has 5 nitrogen and oxygen atoms in total. The van der Waals surface area contributed by atoms with Gasteiger partial charge in [0.05, 0.1) is 15.9 Å². The normalized spacial score (nSPS) is 12.3. The number of rotatable bonds is 5. The third kappa shape index (κ3) is 3.64. The van der Waals surface area contributed by atoms with E-state index in [0.717, 1.165) is 28.3 Å². The SMILES string of the molecule is CCn1nc(C)cc1C(=O)N=c1sc2cc(C)c(C)cc2n1CCSC. The number of thioether (sulfide) groups is 1. The minimum atomic E-state index is -0.231. The second kappa shape index (κ2) is 7.80. The average Bonchev–Trinajstić information content (AvgIpc) is 3.13. The molecule has 0 saturated heterocycles. The molecule has 0 radical (unpaired) electrons. The number of aryl methyl sites for hydroxylation is 5. The third-order valence-corrected chi connectivity index (χ3v) is 6.07. The monoisotopic (exact) mass is 388 g/mol. The van der Waals surface area contributed by atoms with Crippen LogP contribution in [0.5, 0.6) is 0 Å². The fourth-order valence-corrected chi connectivity index (χ4v) is 4.41. The van der Waals surface area contributed by atoms with Crippen LogP contribution < -0.4 is 4.80 Å². The Morgan fingerprint density at radius 2 is 1.96 bits per heavy atom. The lowest BCUT2D eigenvalue weighted by molar-refractivity contribution is 0.0987. The van der Waals surface area contributed by atoms with Crippen LogP contribution in [0.25, 0.3) is 10.2 Å². The second-order valence-electron chi connectivity index (χ2n) is 6.34. The maximum Gasteiger partial charge on any atom is 0.297 e. The fourth-order valence-electron chi connectivity index (χ4n) is 2.91. The van der Waals surface area contributed by atoms with Crippen LogP contribution in [0.3, 0.4) is 0 Å². The summed E-state index contributed by atoms with van der Waals surface area (Å²) in [4.78, 5) is 18.0. The number of carbonyl (C=O) groups excluding carboxylic acids is 1. The second-order valence-corrected chi connectivity index (χ2v) is 8.33. The van der Waals surface area contributed by atoms with E-state index < -0.39 is 0 Å². The Morgan fingerprint density at radius 3 is 2.65 bits per heavy atom. The Bertz CT molecular complexity index is 1030. The van der Waals surface area contributed by atoms with Gasteiger partial charge in [-0.2, -0.15) is 21.9 Å². The predicted molar refractivity (Wildman–Crippen MR) is 110 cm³/mol. The molecule has 0 aliphatic heterocycles. The Balaban J connectivity index is 2.15. The molecule has 0 atom stereocenters. The molecule has 26 heavy (non-hydrogen) atoms. The number of amides is 1. The molecule has 0 unspecified atom stereocenters. The molecule has 2 heterocycles. The summed E-state index contributed by atoms with van der Waals surface area (Å²) in [6, 6.07) is 6.20. The largest absolute Gasteiger partial charge is 0.315 e. The summed E-state index contributed by atoms with van der Waals surface area (Å²) in [5, 5.41) is 4.36. The molecule has 0 fully saturated rings. The topological polar surface area (TPSA) is 52.2 Å². The molecule has 0 saturated carbocycles. The zero-order chi connectivity index (χ0) is 18.8. The highest BCUT2D eigenvalue weighted by molar-refractivity contribution is 7.98. The summed E-state index contributed by atoms with van der Waals surface area (Å²) in [5.74, 6) is 0.747. The smallest absolute Gasteiger partial charge is 0.297 e. The summed E-state index contributed by atoms with van der Waals surface area (Å²) in [6.07, 6.45) is 2.09. The van der Waals surface area contributed by atoms with Crippen LogP contribution >= 0.6 is 23.1 Å². The van der Waals surface area contributed by atoms with Crippen LogP contribution in [0.2, 0.25) is 0 Å². The Hall–Kier alpha value is -1.86. The van der Waals surface area contributed by atoms with Crippen molar-refractivity contribution in [3.05, 3.63) is 45.5 Å². The maximum atomic E-state index is 12.8. The predicted octanol–water partition coefficient (Wildman–Crippen LogP) is 3.95. The molecule has 2 aromatic heterocycles. The van der Waals surface area contributed by atoms with Gasteiger partial charge in [0, 0.05) is 18.8 Å². The molecule has 3 rings (SSSR count). The van der Waals surface area contributed by atoms with Gasteiger partial charge in [-0.3, -0.25) is 9.48 Å². The van der Waals surface area contributed by atoms with Gasteiger partial charge in [0.2, 0.25) is 0 Å². The first-order valence-electron chi connectivity index (χ1n) is 8.67. The summed E-state index contributed by atoms with van der Waals surface area (Å²) < 4.78 is 5.05. The van der Waals surface area contributed by atoms with E-state index in [4.69, 9.17) is 0 Å². The lowest BCUT2D eigenvalue weighted by Crippen LogP contribution is -2.19. The van der Waals surface area contributed by atoms with Crippen LogP contribution in [0, 0.1) is 20.8 Å². The van der Waals surface area contributed by atoms with E-state index in [2.05, 4.69) is 46.9 Å². The Morgan fingerprint density at radius 1 is 1.23 bits per heavy atom. The van der Waals surface area contributed by atoms with Crippen molar-refractivity contribution in [1.29, 1.82) is 0 Å². The summed E-state index contributed by atoms with van der Waals surface area (Å²) >= 11 is 3.37. The lowest BCUT2D eigenvalue weighted by Gasteiger charge is -2.06. The molecular formula is C19H24N4OS2. The van der Waals surface area contributed by atoms with E-state index in [-0.39, 0.29) is 5.91 Å². The van der Waals surface area contributed by atoms with Gasteiger partial charge in [-0.05, 0) is 63.3 Å². The zero-order valence-electron chi connectivity index (χ0n) is 15.9. The van der Waals surface area contributed by atoms with Crippen molar-refractivity contribution in [3.63, 3.8) is 0 Å². The van der Waals surface area contributed by atoms with Crippen molar-refractivity contribution in [2.75, 3.05) is 12.0 Å². The number of hydrogen-bond acceptors (Lipinski definition) is 4. The quantitative estimate of drug-likeness (QED) is 0.665. The molecule has 1 aromatic carbocycles. The van der Waals surface area contributed by atoms with Crippen LogP contribution in [0.4, 0.5) is 0 Å². The van der Waals surface area contributed by atoms with Gasteiger partial charge in [0.25, 0.3) is 5.91 Å². The molecule has 138 valence electrons. The number of nitrogens with zero attached hydrogens (tertiary/aromatic N) is 4. The number of hydrogen-bond donors (Lipinski definition) is 0. The van der Waals surface area contributed by atoms with E-state index in [1.54, 1.807) is 27.8 Å². The van der Waals surface area contributed by atoms with E-state index in [1.807, 2.05) is 19.9 Å². The minimum absolute atomic E-state index is 0.231. The highest BCUT2D eigenvalue weighted by atomic mass is 32.2. The van der Waals surface area contributed by atoms with E-state index in [9.17, 15) is 4.79 Å². The molecule has 1 amide bonds. The number of benzene rings is 1. The third-order valence-electron chi connectivity index (χ3n) is 4.44. The van der Waals surface area contributed by atoms with Gasteiger partial charge < -0.3 is 4.57 Å². The molecular weight excluding hydrogens is 364 g/mol. The standard InChI is InChI=1S/C19H24N4OS2/c1-6-23-16(11-14(4)21-23)18(24)20-19-22(7-8-25-5)15-9-12(2)13(3)10-17(15)26-19/h9-11H,6-8H2,1-5H3. The molecule has 3 aromatic rings. The molecule has 0 aliphatic carbocycles. The summed E-state index contributed by atoms with van der Waals surface area (Å²) in [6.45, 7) is 9.60. The highest BCUT2D eigenvalue weighted by Gasteiger charge is 2.14. The van der Waals surface area contributed by atoms with Crippen molar-refractivity contribution in [2.24, 2.45) is 4.99 Å². The van der Waals surface area contributed by atoms with Crippen molar-refractivity contribution < 1.29 is 4.79 Å². The molecule has 0 N–H and O–H groups in total. The van der Waals surface area contributed by atoms with Crippen LogP contribution in [-0.2, 0) is 13.1 Å². The van der Waals surface area contributed by atoms with Crippen LogP contribution in [0.15, 0.2) is 23.2 Å². The van der Waals surface area contributed by atoms with Crippen LogP contribution in [0.1, 0.15) is 34.2 Å². The van der Waals surface area contributed by atoms with Gasteiger partial charge in [0.15, 0.2) is 4.80 Å². The van der Waals surface area contributed by atoms with Crippen molar-refractivity contribution in [1.82, 2.24) is 14.3 Å². The van der Waals surface area contributed by atoms with Crippen molar-refractivity contribution in [2.45, 2.75) is 40.8 Å². The lowest BCUT2D eigenvalue weighted by atomic mass is 10.1. The van der Waals surface area contributed by atoms with Crippen LogP contribution in [-0.4, -0.2) is 32.3 Å². The summed E-state index contributed by atoms with van der Waals surface area (Å²) in [5.41, 5.74) is 5.05. The number of thiazole rings is 1. The minimum Gasteiger partial charge on any atom is -0.315 e. The molecule has 0 bridgehead atoms. The average molecular weight is 389 g/mol. The van der Waals surface area contributed by atoms with Gasteiger partial charge in [-0.1, -0.05) is 11.3 Å². The van der Waals surface area contributed by atoms with Gasteiger partial charge in [-0.25, -0.2) is 0 Å². The first-order valence-corrected chi connectivity index (χ1v) is 10.9. The van der Waals surface area contributed by atoms with Crippen molar-refractivity contribution in [3.8, 4) is 0 Å². The van der Waals surface area contributed by atoms with Crippen molar-refractivity contribution >= 4 is 39.2 Å². The van der Waals surface area contributed by atoms with Gasteiger partial charge in [-0.15, -0.1) is 0 Å². The maximum absolute atomic E-state index is 12.8. The number of aromatic nitrogens is 3.